The van der Waals surface area contributed by atoms with E-state index in [4.69, 9.17) is 10.5 Å². The third-order valence-corrected chi connectivity index (χ3v) is 7.24. The molecule has 2 rings (SSSR count). The number of nitrogens with two attached hydrogens (primary N) is 1. The molecule has 9 heteroatoms. The minimum absolute atomic E-state index is 0.164. The highest BCUT2D eigenvalue weighted by atomic mass is 79.9. The molecule has 0 aliphatic carbocycles. The molecule has 0 bridgehead atoms. The zero-order chi connectivity index (χ0) is 21.7. The first kappa shape index (κ1) is 24.5. The van der Waals surface area contributed by atoms with E-state index in [-0.39, 0.29) is 25.2 Å². The molecular formula is C20H27BrF3NO3S. The van der Waals surface area contributed by atoms with Crippen molar-refractivity contribution < 1.29 is 28.1 Å². The zero-order valence-corrected chi connectivity index (χ0v) is 18.6. The van der Waals surface area contributed by atoms with Gasteiger partial charge in [-0.15, -0.1) is 11.8 Å². The van der Waals surface area contributed by atoms with Gasteiger partial charge in [0, 0.05) is 5.92 Å². The number of thioether (sulfide) groups is 1. The van der Waals surface area contributed by atoms with Crippen LogP contribution in [0.2, 0.25) is 0 Å². The number of rotatable bonds is 10. The molecule has 1 aromatic carbocycles. The Labute approximate surface area is 181 Å². The molecule has 0 aromatic heterocycles. The molecule has 1 aromatic rings. The van der Waals surface area contributed by atoms with E-state index in [2.05, 4.69) is 22.0 Å². The van der Waals surface area contributed by atoms with Gasteiger partial charge in [0.25, 0.3) is 0 Å². The number of hydrogen-bond acceptors (Lipinski definition) is 5. The first-order chi connectivity index (χ1) is 13.6. The van der Waals surface area contributed by atoms with Crippen molar-refractivity contribution in [2.45, 2.75) is 48.5 Å². The van der Waals surface area contributed by atoms with Gasteiger partial charge in [-0.3, -0.25) is 0 Å². The van der Waals surface area contributed by atoms with Crippen LogP contribution in [0.1, 0.15) is 37.3 Å². The number of alkyl halides is 4. The van der Waals surface area contributed by atoms with Crippen LogP contribution in [0.25, 0.3) is 0 Å². The van der Waals surface area contributed by atoms with E-state index in [1.54, 1.807) is 17.8 Å². The number of aliphatic hydroxyl groups is 2. The lowest BCUT2D eigenvalue weighted by atomic mass is 9.93. The lowest BCUT2D eigenvalue weighted by molar-refractivity contribution is -0.139. The predicted molar refractivity (Wildman–Crippen MR) is 113 cm³/mol. The molecule has 164 valence electrons. The summed E-state index contributed by atoms with van der Waals surface area (Å²) in [5, 5.41) is 18.5. The number of aryl methyl sites for hydroxylation is 1. The number of halogens is 4. The Kier molecular flexibility index (Phi) is 8.90. The Balaban J connectivity index is 1.98. The second kappa shape index (κ2) is 10.5. The van der Waals surface area contributed by atoms with Gasteiger partial charge in [-0.25, -0.2) is 0 Å². The number of allylic oxidation sites excluding steroid dienone is 2. The highest BCUT2D eigenvalue weighted by Gasteiger charge is 2.35. The molecule has 1 aliphatic rings. The van der Waals surface area contributed by atoms with Gasteiger partial charge in [-0.05, 0) is 55.2 Å². The Morgan fingerprint density at radius 2 is 1.93 bits per heavy atom. The molecule has 0 fully saturated rings. The van der Waals surface area contributed by atoms with Gasteiger partial charge in [-0.2, -0.15) is 13.2 Å². The fourth-order valence-electron chi connectivity index (χ4n) is 3.08. The third kappa shape index (κ3) is 7.17. The smallest absolute Gasteiger partial charge is 0.419 e. The van der Waals surface area contributed by atoms with Crippen molar-refractivity contribution in [3.05, 3.63) is 40.3 Å². The first-order valence-electron chi connectivity index (χ1n) is 9.40. The molecule has 2 unspecified atom stereocenters. The maximum absolute atomic E-state index is 13.5. The molecule has 4 nitrogen and oxygen atoms in total. The highest BCUT2D eigenvalue weighted by molar-refractivity contribution is 9.11. The first-order valence-corrected chi connectivity index (χ1v) is 11.2. The quantitative estimate of drug-likeness (QED) is 0.328. The molecule has 0 spiro atoms. The fourth-order valence-corrected chi connectivity index (χ4v) is 5.38. The Hall–Kier alpha value is -0.740. The Morgan fingerprint density at radius 1 is 1.24 bits per heavy atom. The van der Waals surface area contributed by atoms with Crippen LogP contribution in [0.15, 0.2) is 29.2 Å². The standard InChI is InChI=1S/C20H27BrF3NO3S/c1-13-9-15(18(21)29-13)3-2-8-28-17-5-4-14(10-16(17)20(22,23)24)6-7-19(25,11-26)12-27/h4-5,9-10,15,18,26-27H,2-3,6-8,11-12,25H2,1H3. The summed E-state index contributed by atoms with van der Waals surface area (Å²) in [5.74, 6) is 0.162. The normalized spacial score (nSPS) is 20.1. The van der Waals surface area contributed by atoms with Crippen molar-refractivity contribution in [3.8, 4) is 5.75 Å². The average Bonchev–Trinajstić information content (AvgIpc) is 3.00. The molecule has 4 N–H and O–H groups in total. The van der Waals surface area contributed by atoms with Crippen molar-refractivity contribution in [1.29, 1.82) is 0 Å². The summed E-state index contributed by atoms with van der Waals surface area (Å²) in [6.45, 7) is 1.36. The van der Waals surface area contributed by atoms with Gasteiger partial charge in [0.2, 0.25) is 0 Å². The summed E-state index contributed by atoms with van der Waals surface area (Å²) in [6, 6.07) is 3.95. The number of ether oxygens (including phenoxy) is 1. The molecule has 0 amide bonds. The maximum Gasteiger partial charge on any atom is 0.419 e. The Bertz CT molecular complexity index is 711. The molecule has 1 heterocycles. The van der Waals surface area contributed by atoms with E-state index in [0.717, 1.165) is 12.5 Å². The van der Waals surface area contributed by atoms with Crippen LogP contribution in [-0.2, 0) is 12.6 Å². The summed E-state index contributed by atoms with van der Waals surface area (Å²) < 4.78 is 46.2. The van der Waals surface area contributed by atoms with Gasteiger partial charge in [0.15, 0.2) is 0 Å². The van der Waals surface area contributed by atoms with Crippen LogP contribution in [-0.4, -0.2) is 39.7 Å². The summed E-state index contributed by atoms with van der Waals surface area (Å²) in [6.07, 6.45) is -0.506. The molecule has 2 atom stereocenters. The minimum atomic E-state index is -4.54. The Morgan fingerprint density at radius 3 is 2.48 bits per heavy atom. The SMILES string of the molecule is CC1=CC(CCCOc2ccc(CCC(N)(CO)CO)cc2C(F)(F)F)C(Br)S1. The lowest BCUT2D eigenvalue weighted by Crippen LogP contribution is -2.47. The summed E-state index contributed by atoms with van der Waals surface area (Å²) in [7, 11) is 0. The number of hydrogen-bond donors (Lipinski definition) is 3. The summed E-state index contributed by atoms with van der Waals surface area (Å²) >= 11 is 5.36. The van der Waals surface area contributed by atoms with E-state index in [1.165, 1.54) is 11.0 Å². The van der Waals surface area contributed by atoms with Crippen molar-refractivity contribution >= 4 is 27.7 Å². The fraction of sp³-hybridized carbons (Fsp3) is 0.600. The number of benzene rings is 1. The molecule has 0 saturated carbocycles. The summed E-state index contributed by atoms with van der Waals surface area (Å²) in [5.41, 5.74) is 4.18. The van der Waals surface area contributed by atoms with E-state index >= 15 is 0 Å². The topological polar surface area (TPSA) is 75.7 Å². The third-order valence-electron chi connectivity index (χ3n) is 4.91. The van der Waals surface area contributed by atoms with Crippen LogP contribution in [0.4, 0.5) is 13.2 Å². The van der Waals surface area contributed by atoms with Gasteiger partial charge < -0.3 is 20.7 Å². The van der Waals surface area contributed by atoms with Crippen LogP contribution in [0, 0.1) is 5.92 Å². The summed E-state index contributed by atoms with van der Waals surface area (Å²) in [4.78, 5) is 1.25. The van der Waals surface area contributed by atoms with Crippen molar-refractivity contribution in [2.75, 3.05) is 19.8 Å². The minimum Gasteiger partial charge on any atom is -0.493 e. The lowest BCUT2D eigenvalue weighted by Gasteiger charge is -2.24. The van der Waals surface area contributed by atoms with Crippen molar-refractivity contribution in [2.24, 2.45) is 11.7 Å². The van der Waals surface area contributed by atoms with E-state index in [0.29, 0.717) is 22.1 Å². The van der Waals surface area contributed by atoms with E-state index in [9.17, 15) is 23.4 Å². The maximum atomic E-state index is 13.5. The second-order valence-electron chi connectivity index (χ2n) is 7.41. The van der Waals surface area contributed by atoms with Gasteiger partial charge in [-0.1, -0.05) is 28.1 Å². The van der Waals surface area contributed by atoms with Crippen LogP contribution in [0.3, 0.4) is 0 Å². The largest absolute Gasteiger partial charge is 0.493 e. The van der Waals surface area contributed by atoms with Crippen molar-refractivity contribution in [3.63, 3.8) is 0 Å². The van der Waals surface area contributed by atoms with E-state index in [1.807, 2.05) is 6.92 Å². The van der Waals surface area contributed by atoms with Gasteiger partial charge >= 0.3 is 6.18 Å². The second-order valence-corrected chi connectivity index (χ2v) is 10.4. The monoisotopic (exact) mass is 497 g/mol. The van der Waals surface area contributed by atoms with Crippen LogP contribution >= 0.6 is 27.7 Å². The molecule has 0 saturated heterocycles. The highest BCUT2D eigenvalue weighted by Crippen LogP contribution is 2.42. The molecule has 29 heavy (non-hydrogen) atoms. The number of aliphatic hydroxyl groups excluding tert-OH is 2. The molecular weight excluding hydrogens is 471 g/mol. The molecule has 0 radical (unpaired) electrons. The van der Waals surface area contributed by atoms with E-state index < -0.39 is 30.5 Å². The van der Waals surface area contributed by atoms with Crippen LogP contribution < -0.4 is 10.5 Å². The van der Waals surface area contributed by atoms with Crippen LogP contribution in [0.5, 0.6) is 5.75 Å². The van der Waals surface area contributed by atoms with Gasteiger partial charge in [0.05, 0.1) is 35.1 Å². The van der Waals surface area contributed by atoms with Crippen molar-refractivity contribution in [1.82, 2.24) is 0 Å². The van der Waals surface area contributed by atoms with Gasteiger partial charge in [0.1, 0.15) is 5.75 Å². The average molecular weight is 498 g/mol. The zero-order valence-electron chi connectivity index (χ0n) is 16.2. The predicted octanol–water partition coefficient (Wildman–Crippen LogP) is 4.47. The molecule has 1 aliphatic heterocycles.